The molecule has 0 atom stereocenters. The van der Waals surface area contributed by atoms with E-state index in [1.807, 2.05) is 54.6 Å². The van der Waals surface area contributed by atoms with Crippen molar-refractivity contribution in [2.24, 2.45) is 0 Å². The number of nitrogens with zero attached hydrogens (tertiary/aromatic N) is 3. The van der Waals surface area contributed by atoms with Gasteiger partial charge in [0.25, 0.3) is 0 Å². The summed E-state index contributed by atoms with van der Waals surface area (Å²) in [5.41, 5.74) is 12.0. The Bertz CT molecular complexity index is 3310. The molecule has 12 rings (SSSR count). The van der Waals surface area contributed by atoms with E-state index in [9.17, 15) is 0 Å². The molecule has 0 saturated heterocycles. The highest BCUT2D eigenvalue weighted by Crippen LogP contribution is 2.50. The average molecular weight is 706 g/mol. The molecule has 0 saturated carbocycles. The molecule has 0 amide bonds. The topological polar surface area (TPSA) is 51.8 Å². The highest BCUT2D eigenvalue weighted by atomic mass is 32.1. The van der Waals surface area contributed by atoms with Crippen molar-refractivity contribution < 1.29 is 4.42 Å². The average Bonchev–Trinajstić information content (AvgIpc) is 3.91. The summed E-state index contributed by atoms with van der Waals surface area (Å²) in [5, 5.41) is 7.05. The van der Waals surface area contributed by atoms with Gasteiger partial charge in [-0.05, 0) is 74.5 Å². The molecule has 11 aromatic rings. The Morgan fingerprint density at radius 2 is 0.981 bits per heavy atom. The third kappa shape index (κ3) is 4.27. The minimum atomic E-state index is 0.578. The molecule has 0 N–H and O–H groups in total. The molecule has 3 heterocycles. The molecule has 250 valence electrons. The van der Waals surface area contributed by atoms with Crippen LogP contribution in [0.5, 0.6) is 0 Å². The van der Waals surface area contributed by atoms with Crippen LogP contribution < -0.4 is 0 Å². The lowest BCUT2D eigenvalue weighted by Gasteiger charge is -2.11. The number of hydrogen-bond donors (Lipinski definition) is 0. The number of thiophene rings is 1. The van der Waals surface area contributed by atoms with E-state index in [2.05, 4.69) is 109 Å². The summed E-state index contributed by atoms with van der Waals surface area (Å²) in [7, 11) is 0. The molecule has 3 aromatic heterocycles. The van der Waals surface area contributed by atoms with Gasteiger partial charge in [0.15, 0.2) is 17.5 Å². The summed E-state index contributed by atoms with van der Waals surface area (Å²) in [6.45, 7) is 0. The van der Waals surface area contributed by atoms with E-state index in [-0.39, 0.29) is 0 Å². The van der Waals surface area contributed by atoms with E-state index in [4.69, 9.17) is 19.4 Å². The smallest absolute Gasteiger partial charge is 0.167 e. The maximum Gasteiger partial charge on any atom is 0.167 e. The Balaban J connectivity index is 1.08. The van der Waals surface area contributed by atoms with Crippen molar-refractivity contribution in [2.45, 2.75) is 0 Å². The second-order valence-electron chi connectivity index (χ2n) is 13.9. The zero-order valence-corrected chi connectivity index (χ0v) is 29.6. The van der Waals surface area contributed by atoms with E-state index < -0.39 is 0 Å². The Kier molecular flexibility index (Phi) is 6.18. The van der Waals surface area contributed by atoms with E-state index in [0.29, 0.717) is 17.5 Å². The molecule has 0 aliphatic heterocycles. The van der Waals surface area contributed by atoms with Gasteiger partial charge < -0.3 is 4.42 Å². The highest BCUT2D eigenvalue weighted by molar-refractivity contribution is 7.26. The fraction of sp³-hybridized carbons (Fsp3) is 0. The van der Waals surface area contributed by atoms with Crippen LogP contribution in [0.2, 0.25) is 0 Å². The third-order valence-electron chi connectivity index (χ3n) is 10.9. The van der Waals surface area contributed by atoms with Gasteiger partial charge in [0.05, 0.1) is 5.56 Å². The normalized spacial score (nSPS) is 12.1. The van der Waals surface area contributed by atoms with Gasteiger partial charge in [-0.25, -0.2) is 15.0 Å². The zero-order chi connectivity index (χ0) is 35.3. The molecule has 0 unspecified atom stereocenters. The van der Waals surface area contributed by atoms with Gasteiger partial charge in [0.2, 0.25) is 0 Å². The van der Waals surface area contributed by atoms with Crippen LogP contribution in [0, 0.1) is 0 Å². The number of furan rings is 1. The van der Waals surface area contributed by atoms with Gasteiger partial charge >= 0.3 is 0 Å². The minimum Gasteiger partial charge on any atom is -0.455 e. The van der Waals surface area contributed by atoms with Crippen molar-refractivity contribution in [3.63, 3.8) is 0 Å². The quantitative estimate of drug-likeness (QED) is 0.183. The van der Waals surface area contributed by atoms with Gasteiger partial charge in [0, 0.05) is 42.1 Å². The first-order chi connectivity index (χ1) is 26.8. The molecule has 1 aliphatic rings. The molecule has 0 radical (unpaired) electrons. The number of para-hydroxylation sites is 2. The van der Waals surface area contributed by atoms with Gasteiger partial charge in [0.1, 0.15) is 11.2 Å². The van der Waals surface area contributed by atoms with Crippen molar-refractivity contribution >= 4 is 64.2 Å². The van der Waals surface area contributed by atoms with Crippen molar-refractivity contribution in [1.29, 1.82) is 0 Å². The molecular formula is C49H27N3OS. The summed E-state index contributed by atoms with van der Waals surface area (Å²) in [5.74, 6) is 1.83. The van der Waals surface area contributed by atoms with Crippen molar-refractivity contribution in [3.05, 3.63) is 164 Å². The SMILES string of the molecule is c1ccc(-c2nc(-c3cccc4c3oc3ccccc34)nc(-c3cccc4sc5ccc(-c6ccc7c8c(cccc68)-c6ccccc6-7)cc5c34)n2)cc1. The molecule has 8 aromatic carbocycles. The van der Waals surface area contributed by atoms with Crippen LogP contribution in [0.4, 0.5) is 0 Å². The van der Waals surface area contributed by atoms with Crippen LogP contribution in [-0.2, 0) is 0 Å². The fourth-order valence-electron chi connectivity index (χ4n) is 8.50. The van der Waals surface area contributed by atoms with E-state index in [1.54, 1.807) is 11.3 Å². The lowest BCUT2D eigenvalue weighted by Crippen LogP contribution is -2.00. The molecule has 1 aliphatic carbocycles. The minimum absolute atomic E-state index is 0.578. The maximum absolute atomic E-state index is 6.47. The number of hydrogen-bond acceptors (Lipinski definition) is 5. The van der Waals surface area contributed by atoms with Crippen molar-refractivity contribution in [2.75, 3.05) is 0 Å². The number of aromatic nitrogens is 3. The molecule has 0 bridgehead atoms. The summed E-state index contributed by atoms with van der Waals surface area (Å²) in [6, 6.07) is 57.9. The largest absolute Gasteiger partial charge is 0.455 e. The van der Waals surface area contributed by atoms with E-state index in [0.717, 1.165) is 44.0 Å². The first-order valence-electron chi connectivity index (χ1n) is 18.1. The second-order valence-corrected chi connectivity index (χ2v) is 15.0. The van der Waals surface area contributed by atoms with Crippen LogP contribution in [0.1, 0.15) is 0 Å². The molecule has 54 heavy (non-hydrogen) atoms. The Hall–Kier alpha value is -6.95. The lowest BCUT2D eigenvalue weighted by molar-refractivity contribution is 0.669. The van der Waals surface area contributed by atoms with Crippen molar-refractivity contribution in [1.82, 2.24) is 15.0 Å². The zero-order valence-electron chi connectivity index (χ0n) is 28.7. The standard InChI is InChI=1S/C49H27N3OS/c1-2-11-28(12-3-1)47-50-48(52-49(51-47)39-20-9-18-37-33-15-6-7-21-41(33)53-46(37)39)38-19-10-22-43-45(38)40-27-29(23-26-42(40)54-43)30-24-25-36-32-14-5-4-13-31(32)35-17-8-16-34(30)44(35)36/h1-27H. The predicted octanol–water partition coefficient (Wildman–Crippen LogP) is 13.6. The first-order valence-corrected chi connectivity index (χ1v) is 18.9. The molecule has 0 fully saturated rings. The van der Waals surface area contributed by atoms with Crippen LogP contribution in [0.25, 0.3) is 120 Å². The first kappa shape index (κ1) is 29.6. The van der Waals surface area contributed by atoms with Crippen LogP contribution in [0.3, 0.4) is 0 Å². The van der Waals surface area contributed by atoms with Gasteiger partial charge in [-0.1, -0.05) is 133 Å². The van der Waals surface area contributed by atoms with E-state index in [1.165, 1.54) is 58.9 Å². The fourth-order valence-corrected chi connectivity index (χ4v) is 9.61. The number of rotatable bonds is 4. The summed E-state index contributed by atoms with van der Waals surface area (Å²) in [6.07, 6.45) is 0. The van der Waals surface area contributed by atoms with Gasteiger partial charge in [-0.3, -0.25) is 0 Å². The molecular weight excluding hydrogens is 679 g/mol. The van der Waals surface area contributed by atoms with Crippen LogP contribution in [0.15, 0.2) is 168 Å². The summed E-state index contributed by atoms with van der Waals surface area (Å²) >= 11 is 1.80. The molecule has 4 nitrogen and oxygen atoms in total. The Morgan fingerprint density at radius 3 is 1.85 bits per heavy atom. The number of benzene rings is 8. The molecule has 0 spiro atoms. The van der Waals surface area contributed by atoms with Crippen LogP contribution >= 0.6 is 11.3 Å². The van der Waals surface area contributed by atoms with Gasteiger partial charge in [-0.2, -0.15) is 0 Å². The molecule has 5 heteroatoms. The lowest BCUT2D eigenvalue weighted by atomic mass is 9.93. The highest BCUT2D eigenvalue weighted by Gasteiger charge is 2.23. The van der Waals surface area contributed by atoms with Crippen molar-refractivity contribution in [3.8, 4) is 67.5 Å². The second kappa shape index (κ2) is 11.3. The Labute approximate surface area is 313 Å². The Morgan fingerprint density at radius 1 is 0.352 bits per heavy atom. The predicted molar refractivity (Wildman–Crippen MR) is 224 cm³/mol. The monoisotopic (exact) mass is 705 g/mol. The number of fused-ring (bicyclic) bond motifs is 9. The maximum atomic E-state index is 6.47. The summed E-state index contributed by atoms with van der Waals surface area (Å²) < 4.78 is 8.89. The van der Waals surface area contributed by atoms with Crippen LogP contribution in [-0.4, -0.2) is 15.0 Å². The third-order valence-corrected chi connectivity index (χ3v) is 12.0. The van der Waals surface area contributed by atoms with Gasteiger partial charge in [-0.15, -0.1) is 11.3 Å². The van der Waals surface area contributed by atoms with E-state index >= 15 is 0 Å². The summed E-state index contributed by atoms with van der Waals surface area (Å²) in [4.78, 5) is 15.5.